The van der Waals surface area contributed by atoms with Crippen molar-refractivity contribution in [3.05, 3.63) is 284 Å². The van der Waals surface area contributed by atoms with Crippen molar-refractivity contribution in [2.24, 2.45) is 0 Å². The second-order valence-corrected chi connectivity index (χ2v) is 16.9. The summed E-state index contributed by atoms with van der Waals surface area (Å²) in [4.78, 5) is 28.3. The summed E-state index contributed by atoms with van der Waals surface area (Å²) in [6, 6.07) is 62.7. The Morgan fingerprint density at radius 3 is 0.554 bits per heavy atom. The molecule has 0 saturated carbocycles. The molecule has 6 nitrogen and oxygen atoms in total. The van der Waals surface area contributed by atoms with E-state index in [2.05, 4.69) is 237 Å². The van der Waals surface area contributed by atoms with Gasteiger partial charge >= 0.3 is 0 Å². The highest BCUT2D eigenvalue weighted by Gasteiger charge is 2.13. The normalized spacial score (nSPS) is 8.48. The molecule has 92 heavy (non-hydrogen) atoms. The van der Waals surface area contributed by atoms with Crippen LogP contribution in [0.5, 0.6) is 0 Å². The van der Waals surface area contributed by atoms with Crippen molar-refractivity contribution in [1.82, 2.24) is 29.9 Å². The number of rotatable bonds is 12. The van der Waals surface area contributed by atoms with Gasteiger partial charge in [-0.2, -0.15) is 0 Å². The van der Waals surface area contributed by atoms with Crippen molar-refractivity contribution in [3.63, 3.8) is 0 Å². The fourth-order valence-electron chi connectivity index (χ4n) is 7.81. The highest BCUT2D eigenvalue weighted by molar-refractivity contribution is 15.0. The van der Waals surface area contributed by atoms with Crippen molar-refractivity contribution >= 4 is 37.2 Å². The van der Waals surface area contributed by atoms with Crippen LogP contribution in [-0.4, -0.2) is 29.9 Å². The highest BCUT2D eigenvalue weighted by Crippen LogP contribution is 2.20. The fraction of sp³-hybridized carbons (Fsp3) is 0.429. The van der Waals surface area contributed by atoms with E-state index < -0.39 is 0 Å². The molecule has 0 atom stereocenters. The van der Waals surface area contributed by atoms with Crippen LogP contribution in [0.2, 0.25) is 0 Å². The van der Waals surface area contributed by atoms with Gasteiger partial charge in [0.05, 0.1) is 22.8 Å². The van der Waals surface area contributed by atoms with Gasteiger partial charge in [0.25, 0.3) is 0 Å². The topological polar surface area (TPSA) is 77.3 Å². The van der Waals surface area contributed by atoms with Crippen molar-refractivity contribution in [2.75, 3.05) is 0 Å². The molecule has 0 aliphatic rings. The molecule has 0 fully saturated rings. The second-order valence-electron chi connectivity index (χ2n) is 16.9. The monoisotopic (exact) mass is 1480 g/mol. The molecular formula is C84H132I2N6. The minimum Gasteiger partial charge on any atom is -0.238 e. The van der Waals surface area contributed by atoms with Crippen molar-refractivity contribution < 1.29 is 0 Å². The maximum absolute atomic E-state index is 4.81. The Kier molecular flexibility index (Phi) is 80.2. The van der Waals surface area contributed by atoms with Gasteiger partial charge < -0.3 is 0 Å². The molecule has 8 heteroatoms. The second kappa shape index (κ2) is 74.1. The Morgan fingerprint density at radius 1 is 0.207 bits per heavy atom. The van der Waals surface area contributed by atoms with Crippen LogP contribution in [0.4, 0.5) is 0 Å². The third-order valence-corrected chi connectivity index (χ3v) is 11.8. The van der Waals surface area contributed by atoms with Crippen LogP contribution >= 0.6 is 37.2 Å². The largest absolute Gasteiger partial charge is 0.238 e. The van der Waals surface area contributed by atoms with Crippen LogP contribution in [0.3, 0.4) is 0 Å². The Bertz CT molecular complexity index is 2630. The molecule has 0 N–H and O–H groups in total. The fourth-order valence-corrected chi connectivity index (χ4v) is 7.81. The lowest BCUT2D eigenvalue weighted by Crippen LogP contribution is -2.06. The molecule has 6 aromatic carbocycles. The van der Waals surface area contributed by atoms with Gasteiger partial charge in [-0.1, -0.05) is 348 Å². The molecule has 0 aliphatic heterocycles. The summed E-state index contributed by atoms with van der Waals surface area (Å²) in [5, 5.41) is 0. The van der Waals surface area contributed by atoms with Crippen LogP contribution in [-0.2, 0) is 38.5 Å². The minimum atomic E-state index is 0.781. The minimum absolute atomic E-state index is 0.781. The predicted molar refractivity (Wildman–Crippen MR) is 434 cm³/mol. The van der Waals surface area contributed by atoms with Crippen LogP contribution in [0.25, 0.3) is 0 Å². The molecule has 0 amide bonds. The van der Waals surface area contributed by atoms with Gasteiger partial charge in [-0.15, -0.1) is 0 Å². The van der Waals surface area contributed by atoms with E-state index >= 15 is 0 Å². The van der Waals surface area contributed by atoms with Gasteiger partial charge in [0.15, 0.2) is 0 Å². The maximum atomic E-state index is 4.81. The van der Waals surface area contributed by atoms with E-state index in [4.69, 9.17) is 9.97 Å². The van der Waals surface area contributed by atoms with Gasteiger partial charge in [0.2, 0.25) is 0 Å². The molecule has 0 aliphatic carbocycles. The average molecular weight is 1480 g/mol. The molecule has 0 saturated heterocycles. The molecule has 0 spiro atoms. The summed E-state index contributed by atoms with van der Waals surface area (Å²) in [5.74, 6) is 2.66. The van der Waals surface area contributed by atoms with Gasteiger partial charge in [-0.25, -0.2) is 29.9 Å². The van der Waals surface area contributed by atoms with Crippen LogP contribution in [0, 0.1) is 41.5 Å². The van der Waals surface area contributed by atoms with E-state index in [9.17, 15) is 0 Å². The Balaban J connectivity index is -0.000000199. The summed E-state index contributed by atoms with van der Waals surface area (Å²) in [5.41, 5.74) is 17.9. The molecule has 0 bridgehead atoms. The molecule has 9 rings (SSSR count). The number of benzene rings is 6. The first-order valence-electron chi connectivity index (χ1n) is 35.0. The van der Waals surface area contributed by atoms with Crippen molar-refractivity contribution in [2.45, 2.75) is 246 Å². The van der Waals surface area contributed by atoms with E-state index in [1.54, 1.807) is 0 Å². The zero-order valence-corrected chi connectivity index (χ0v) is 68.3. The standard InChI is InChI=1S/3C20H20N2.12C2H6.I2/c1-15-19(13-17-9-5-3-6-10-17)21-16(2)22-20(15)14-18-11-7-4-8-12-18;2*1-15-16(2)21-20(14-18-11-7-4-8-12-18)22-19(15)13-17-9-5-3-6-10-17;13*1-2/h3*3-12H,13-14H2,1-2H3;12*1-2H3;. The van der Waals surface area contributed by atoms with E-state index in [0.29, 0.717) is 0 Å². The Labute approximate surface area is 592 Å². The van der Waals surface area contributed by atoms with E-state index in [0.717, 1.165) is 90.2 Å². The highest BCUT2D eigenvalue weighted by atomic mass is 128. The first kappa shape index (κ1) is 99.6. The number of hydrogen-bond acceptors (Lipinski definition) is 6. The smallest absolute Gasteiger partial charge is 0.133 e. The molecule has 3 aromatic heterocycles. The number of nitrogens with zero attached hydrogens (tertiary/aromatic N) is 6. The quantitative estimate of drug-likeness (QED) is 0.113. The summed E-state index contributed by atoms with van der Waals surface area (Å²) in [6.45, 7) is 60.5. The van der Waals surface area contributed by atoms with E-state index in [-0.39, 0.29) is 0 Å². The van der Waals surface area contributed by atoms with Gasteiger partial charge in [-0.3, -0.25) is 0 Å². The Morgan fingerprint density at radius 2 is 0.370 bits per heavy atom. The van der Waals surface area contributed by atoms with Crippen LogP contribution in [0.1, 0.15) is 268 Å². The van der Waals surface area contributed by atoms with Crippen LogP contribution < -0.4 is 0 Å². The number of aromatic nitrogens is 6. The third-order valence-electron chi connectivity index (χ3n) is 11.8. The summed E-state index contributed by atoms with van der Waals surface area (Å²) in [6.07, 6.45) is 5.00. The first-order valence-corrected chi connectivity index (χ1v) is 41.3. The van der Waals surface area contributed by atoms with E-state index in [1.165, 1.54) is 50.1 Å². The molecule has 3 heterocycles. The summed E-state index contributed by atoms with van der Waals surface area (Å²) < 4.78 is 0. The third kappa shape index (κ3) is 44.5. The molecular weight excluding hydrogens is 1350 g/mol. The van der Waals surface area contributed by atoms with Crippen LogP contribution in [0.15, 0.2) is 182 Å². The molecule has 512 valence electrons. The average Bonchev–Trinajstić information content (AvgIpc) is 0.983. The molecule has 9 aromatic rings. The Hall–Kier alpha value is -5.98. The predicted octanol–water partition coefficient (Wildman–Crippen LogP) is 26.9. The van der Waals surface area contributed by atoms with E-state index in [1.807, 2.05) is 209 Å². The van der Waals surface area contributed by atoms with Gasteiger partial charge in [0, 0.05) is 87.1 Å². The van der Waals surface area contributed by atoms with Gasteiger partial charge in [0.1, 0.15) is 17.5 Å². The van der Waals surface area contributed by atoms with Crippen molar-refractivity contribution in [1.29, 1.82) is 0 Å². The zero-order valence-electron chi connectivity index (χ0n) is 64.0. The van der Waals surface area contributed by atoms with Gasteiger partial charge in [-0.05, 0) is 91.6 Å². The maximum Gasteiger partial charge on any atom is 0.133 e. The summed E-state index contributed by atoms with van der Waals surface area (Å²) in [7, 11) is 0. The summed E-state index contributed by atoms with van der Waals surface area (Å²) >= 11 is 4.24. The van der Waals surface area contributed by atoms with Crippen molar-refractivity contribution in [3.8, 4) is 0 Å². The number of halogens is 2. The SMILES string of the molecule is CC.CC.CC.CC.CC.CC.CC.CC.CC.CC.CC.CC.Cc1nc(Cc2ccccc2)c(C)c(Cc2ccccc2)n1.Cc1nc(Cc2ccccc2)nc(Cc2ccccc2)c1C.Cc1nc(Cc2ccccc2)nc(Cc2ccccc2)c1C.II. The first-order chi connectivity index (χ1) is 45.2. The number of aryl methyl sites for hydroxylation is 3. The number of hydrogen-bond donors (Lipinski definition) is 0. The lowest BCUT2D eigenvalue weighted by atomic mass is 10.0. The zero-order chi connectivity index (χ0) is 72.1. The lowest BCUT2D eigenvalue weighted by Gasteiger charge is -2.12. The lowest BCUT2D eigenvalue weighted by molar-refractivity contribution is 0.876. The molecule has 0 unspecified atom stereocenters. The molecule has 0 radical (unpaired) electrons.